The van der Waals surface area contributed by atoms with Gasteiger partial charge in [0.05, 0.1) is 8.15 Å². The second-order valence-corrected chi connectivity index (χ2v) is 8.47. The number of hydrogen-bond donors (Lipinski definition) is 0. The quantitative estimate of drug-likeness (QED) is 0.617. The van der Waals surface area contributed by atoms with Crippen LogP contribution in [0.1, 0.15) is 27.7 Å². The Morgan fingerprint density at radius 3 is 1.90 bits per heavy atom. The first-order valence-corrected chi connectivity index (χ1v) is 8.60. The highest BCUT2D eigenvalue weighted by Gasteiger charge is 2.21. The Kier molecular flexibility index (Phi) is 5.20. The Bertz CT molecular complexity index is 526. The van der Waals surface area contributed by atoms with Crippen molar-refractivity contribution in [3.05, 3.63) is 54.6 Å². The summed E-state index contributed by atoms with van der Waals surface area (Å²) in [6.07, 6.45) is 0. The lowest BCUT2D eigenvalue weighted by atomic mass is 10.1. The molecular weight excluding hydrogens is 263 g/mol. The van der Waals surface area contributed by atoms with Crippen molar-refractivity contribution in [2.24, 2.45) is 0 Å². The van der Waals surface area contributed by atoms with Crippen LogP contribution in [-0.2, 0) is 0 Å². The smallest absolute Gasteiger partial charge is 0.131 e. The van der Waals surface area contributed by atoms with E-state index in [1.807, 2.05) is 6.07 Å². The fourth-order valence-electron chi connectivity index (χ4n) is 2.32. The lowest BCUT2D eigenvalue weighted by Gasteiger charge is -2.26. The lowest BCUT2D eigenvalue weighted by Crippen LogP contribution is -2.08. The first-order chi connectivity index (χ1) is 9.59. The normalized spacial score (nSPS) is 11.3. The van der Waals surface area contributed by atoms with E-state index in [0.717, 1.165) is 5.75 Å². The predicted octanol–water partition coefficient (Wildman–Crippen LogP) is 5.95. The molecule has 2 rings (SSSR count). The van der Waals surface area contributed by atoms with Crippen LogP contribution in [0.25, 0.3) is 11.1 Å². The number of para-hydroxylation sites is 1. The maximum absolute atomic E-state index is 6.39. The molecule has 0 aliphatic heterocycles. The van der Waals surface area contributed by atoms with Gasteiger partial charge in [-0.05, 0) is 11.6 Å². The maximum Gasteiger partial charge on any atom is 0.131 e. The molecule has 20 heavy (non-hydrogen) atoms. The van der Waals surface area contributed by atoms with Gasteiger partial charge in [0.25, 0.3) is 0 Å². The zero-order valence-electron chi connectivity index (χ0n) is 12.7. The standard InChI is InChI=1S/C18H23OP/c1-14(2)20(15(3)4)19-18-13-9-8-12-17(18)16-10-6-5-7-11-16/h5-15H,1-4H3. The van der Waals surface area contributed by atoms with Crippen LogP contribution in [0.15, 0.2) is 54.6 Å². The molecule has 0 heterocycles. The summed E-state index contributed by atoms with van der Waals surface area (Å²) in [6, 6.07) is 18.8. The molecule has 0 aliphatic rings. The average Bonchev–Trinajstić information content (AvgIpc) is 2.45. The Balaban J connectivity index is 2.33. The zero-order valence-corrected chi connectivity index (χ0v) is 13.6. The van der Waals surface area contributed by atoms with Gasteiger partial charge in [-0.1, -0.05) is 76.2 Å². The summed E-state index contributed by atoms with van der Waals surface area (Å²) < 4.78 is 6.39. The van der Waals surface area contributed by atoms with Crippen LogP contribution in [0.2, 0.25) is 0 Å². The van der Waals surface area contributed by atoms with Crippen LogP contribution in [0.3, 0.4) is 0 Å². The first kappa shape index (κ1) is 15.1. The fraction of sp³-hybridized carbons (Fsp3) is 0.333. The van der Waals surface area contributed by atoms with Crippen molar-refractivity contribution in [2.45, 2.75) is 39.0 Å². The zero-order chi connectivity index (χ0) is 14.5. The van der Waals surface area contributed by atoms with Gasteiger partial charge in [-0.15, -0.1) is 0 Å². The van der Waals surface area contributed by atoms with Crippen molar-refractivity contribution in [1.82, 2.24) is 0 Å². The predicted molar refractivity (Wildman–Crippen MR) is 89.7 cm³/mol. The minimum Gasteiger partial charge on any atom is -0.473 e. The van der Waals surface area contributed by atoms with Gasteiger partial charge in [-0.3, -0.25) is 0 Å². The van der Waals surface area contributed by atoms with Crippen LogP contribution >= 0.6 is 8.15 Å². The van der Waals surface area contributed by atoms with Gasteiger partial charge in [0.2, 0.25) is 0 Å². The van der Waals surface area contributed by atoms with Crippen LogP contribution in [0.5, 0.6) is 5.75 Å². The second kappa shape index (κ2) is 6.90. The van der Waals surface area contributed by atoms with Gasteiger partial charge in [0.1, 0.15) is 5.75 Å². The summed E-state index contributed by atoms with van der Waals surface area (Å²) in [5.41, 5.74) is 3.52. The molecule has 2 heteroatoms. The van der Waals surface area contributed by atoms with E-state index in [4.69, 9.17) is 4.52 Å². The van der Waals surface area contributed by atoms with Gasteiger partial charge in [0, 0.05) is 16.9 Å². The third-order valence-corrected chi connectivity index (χ3v) is 5.64. The molecule has 0 atom stereocenters. The molecule has 0 saturated carbocycles. The Morgan fingerprint density at radius 2 is 1.30 bits per heavy atom. The van der Waals surface area contributed by atoms with Crippen molar-refractivity contribution in [1.29, 1.82) is 0 Å². The first-order valence-electron chi connectivity index (χ1n) is 7.20. The summed E-state index contributed by atoms with van der Waals surface area (Å²) in [5, 5.41) is 0. The molecule has 0 fully saturated rings. The maximum atomic E-state index is 6.39. The van der Waals surface area contributed by atoms with Crippen molar-refractivity contribution >= 4 is 8.15 Å². The largest absolute Gasteiger partial charge is 0.473 e. The monoisotopic (exact) mass is 286 g/mol. The molecule has 0 radical (unpaired) electrons. The molecule has 106 valence electrons. The highest BCUT2D eigenvalue weighted by Crippen LogP contribution is 2.49. The molecule has 0 saturated heterocycles. The molecule has 0 N–H and O–H groups in total. The SMILES string of the molecule is CC(C)P(Oc1ccccc1-c1ccccc1)C(C)C. The molecule has 0 aromatic heterocycles. The molecule has 0 amide bonds. The third-order valence-electron chi connectivity index (χ3n) is 3.19. The summed E-state index contributed by atoms with van der Waals surface area (Å²) in [5.74, 6) is 1.01. The number of benzene rings is 2. The molecule has 0 unspecified atom stereocenters. The van der Waals surface area contributed by atoms with Crippen molar-refractivity contribution in [3.8, 4) is 16.9 Å². The van der Waals surface area contributed by atoms with Crippen molar-refractivity contribution < 1.29 is 4.52 Å². The number of rotatable bonds is 5. The van der Waals surface area contributed by atoms with Crippen LogP contribution < -0.4 is 4.52 Å². The summed E-state index contributed by atoms with van der Waals surface area (Å²) in [7, 11) is -0.462. The highest BCUT2D eigenvalue weighted by atomic mass is 31.1. The van der Waals surface area contributed by atoms with Crippen molar-refractivity contribution in [3.63, 3.8) is 0 Å². The van der Waals surface area contributed by atoms with Gasteiger partial charge >= 0.3 is 0 Å². The van der Waals surface area contributed by atoms with E-state index in [-0.39, 0.29) is 0 Å². The average molecular weight is 286 g/mol. The summed E-state index contributed by atoms with van der Waals surface area (Å²) in [4.78, 5) is 0. The minimum atomic E-state index is -0.462. The van der Waals surface area contributed by atoms with E-state index in [9.17, 15) is 0 Å². The molecular formula is C18H23OP. The van der Waals surface area contributed by atoms with E-state index in [1.54, 1.807) is 0 Å². The lowest BCUT2D eigenvalue weighted by molar-refractivity contribution is 0.594. The summed E-state index contributed by atoms with van der Waals surface area (Å²) >= 11 is 0. The van der Waals surface area contributed by atoms with Crippen molar-refractivity contribution in [2.75, 3.05) is 0 Å². The van der Waals surface area contributed by atoms with Crippen LogP contribution in [-0.4, -0.2) is 11.3 Å². The van der Waals surface area contributed by atoms with E-state index < -0.39 is 8.15 Å². The van der Waals surface area contributed by atoms with Gasteiger partial charge in [-0.2, -0.15) is 0 Å². The minimum absolute atomic E-state index is 0.462. The fourth-order valence-corrected chi connectivity index (χ4v) is 4.32. The van der Waals surface area contributed by atoms with E-state index in [2.05, 4.69) is 76.2 Å². The number of hydrogen-bond acceptors (Lipinski definition) is 1. The Morgan fingerprint density at radius 1 is 0.750 bits per heavy atom. The molecule has 0 bridgehead atoms. The molecule has 2 aromatic carbocycles. The van der Waals surface area contributed by atoms with E-state index >= 15 is 0 Å². The van der Waals surface area contributed by atoms with Gasteiger partial charge < -0.3 is 4.52 Å². The topological polar surface area (TPSA) is 9.23 Å². The molecule has 2 aromatic rings. The van der Waals surface area contributed by atoms with Crippen LogP contribution in [0.4, 0.5) is 0 Å². The molecule has 0 aliphatic carbocycles. The Labute approximate surface area is 123 Å². The van der Waals surface area contributed by atoms with Crippen LogP contribution in [0, 0.1) is 0 Å². The molecule has 0 spiro atoms. The highest BCUT2D eigenvalue weighted by molar-refractivity contribution is 7.54. The third kappa shape index (κ3) is 3.61. The summed E-state index contributed by atoms with van der Waals surface area (Å²) in [6.45, 7) is 8.99. The molecule has 1 nitrogen and oxygen atoms in total. The van der Waals surface area contributed by atoms with Gasteiger partial charge in [-0.25, -0.2) is 0 Å². The Hall–Kier alpha value is -1.33. The second-order valence-electron chi connectivity index (χ2n) is 5.50. The van der Waals surface area contributed by atoms with E-state index in [0.29, 0.717) is 11.3 Å². The van der Waals surface area contributed by atoms with Gasteiger partial charge in [0.15, 0.2) is 0 Å². The van der Waals surface area contributed by atoms with E-state index in [1.165, 1.54) is 11.1 Å².